The molecule has 0 aliphatic heterocycles. The normalized spacial score (nSPS) is 12.6. The topological polar surface area (TPSA) is 63.6 Å². The van der Waals surface area contributed by atoms with Gasteiger partial charge in [0.2, 0.25) is 0 Å². The summed E-state index contributed by atoms with van der Waals surface area (Å²) in [6, 6.07) is 2.46. The summed E-state index contributed by atoms with van der Waals surface area (Å²) in [6.07, 6.45) is 0. The number of benzene rings is 1. The van der Waals surface area contributed by atoms with Gasteiger partial charge in [0.05, 0.1) is 20.9 Å². The first-order valence-electron chi connectivity index (χ1n) is 4.64. The van der Waals surface area contributed by atoms with Crippen LogP contribution in [0.4, 0.5) is 0 Å². The Bertz CT molecular complexity index is 450. The third-order valence-electron chi connectivity index (χ3n) is 1.85. The van der Waals surface area contributed by atoms with E-state index < -0.39 is 17.0 Å². The van der Waals surface area contributed by atoms with E-state index in [2.05, 4.69) is 0 Å². The molecule has 0 aliphatic carbocycles. The van der Waals surface area contributed by atoms with Crippen LogP contribution < -0.4 is 4.74 Å². The lowest BCUT2D eigenvalue weighted by molar-refractivity contribution is -0.137. The number of carbonyl (C=O) groups is 1. The maximum Gasteiger partial charge on any atom is 0.313 e. The number of rotatable bonds is 3. The number of halogens is 2. The summed E-state index contributed by atoms with van der Waals surface area (Å²) in [4.78, 5) is 11.4. The van der Waals surface area contributed by atoms with Crippen LogP contribution in [0.5, 0.6) is 5.75 Å². The molecule has 0 amide bonds. The molecule has 94 valence electrons. The minimum Gasteiger partial charge on any atom is -0.423 e. The summed E-state index contributed by atoms with van der Waals surface area (Å²) in [5, 5.41) is 0.0350. The molecule has 1 aromatic rings. The van der Waals surface area contributed by atoms with E-state index in [9.17, 15) is 9.00 Å². The lowest BCUT2D eigenvalue weighted by Crippen LogP contribution is -2.15. The Morgan fingerprint density at radius 2 is 1.82 bits per heavy atom. The van der Waals surface area contributed by atoms with Crippen molar-refractivity contribution < 1.29 is 18.3 Å². The fourth-order valence-electron chi connectivity index (χ4n) is 0.953. The standard InChI is InChI=1S/C10H10Cl2O4S/c1-5(2)10(13)16-9-7(11)3-6(17(14)15)4-8(9)12/h3-5H,1-2H3,(H,14,15). The second-order valence-corrected chi connectivity index (χ2v) is 5.33. The van der Waals surface area contributed by atoms with E-state index >= 15 is 0 Å². The highest BCUT2D eigenvalue weighted by Gasteiger charge is 2.17. The molecule has 7 heteroatoms. The van der Waals surface area contributed by atoms with Gasteiger partial charge in [-0.05, 0) is 12.1 Å². The highest BCUT2D eigenvalue weighted by molar-refractivity contribution is 7.79. The molecule has 1 aromatic carbocycles. The summed E-state index contributed by atoms with van der Waals surface area (Å²) in [7, 11) is 0. The van der Waals surface area contributed by atoms with E-state index in [0.717, 1.165) is 0 Å². The molecule has 0 radical (unpaired) electrons. The summed E-state index contributed by atoms with van der Waals surface area (Å²) in [5.74, 6) is -0.804. The molecule has 1 N–H and O–H groups in total. The van der Waals surface area contributed by atoms with Crippen LogP contribution in [0, 0.1) is 5.92 Å². The van der Waals surface area contributed by atoms with Crippen LogP contribution in [-0.4, -0.2) is 14.7 Å². The molecular weight excluding hydrogens is 287 g/mol. The van der Waals surface area contributed by atoms with Crippen LogP contribution in [0.2, 0.25) is 10.0 Å². The lowest BCUT2D eigenvalue weighted by atomic mass is 10.2. The van der Waals surface area contributed by atoms with Crippen LogP contribution in [0.15, 0.2) is 17.0 Å². The van der Waals surface area contributed by atoms with Crippen molar-refractivity contribution in [1.29, 1.82) is 0 Å². The van der Waals surface area contributed by atoms with E-state index in [1.807, 2.05) is 0 Å². The maximum absolute atomic E-state index is 11.4. The maximum atomic E-state index is 11.4. The Morgan fingerprint density at radius 1 is 1.35 bits per heavy atom. The van der Waals surface area contributed by atoms with Gasteiger partial charge in [-0.15, -0.1) is 0 Å². The van der Waals surface area contributed by atoms with Gasteiger partial charge in [-0.3, -0.25) is 4.79 Å². The Morgan fingerprint density at radius 3 is 2.18 bits per heavy atom. The number of carbonyl (C=O) groups excluding carboxylic acids is 1. The van der Waals surface area contributed by atoms with E-state index in [-0.39, 0.29) is 26.6 Å². The molecule has 0 spiro atoms. The molecule has 0 fully saturated rings. The minimum absolute atomic E-state index is 0.00114. The Balaban J connectivity index is 3.10. The molecule has 0 bridgehead atoms. The summed E-state index contributed by atoms with van der Waals surface area (Å²) in [6.45, 7) is 3.34. The van der Waals surface area contributed by atoms with Crippen molar-refractivity contribution in [2.75, 3.05) is 0 Å². The molecule has 0 aromatic heterocycles. The Kier molecular flexibility index (Phi) is 4.94. The van der Waals surface area contributed by atoms with Crippen molar-refractivity contribution in [3.63, 3.8) is 0 Å². The van der Waals surface area contributed by atoms with Crippen molar-refractivity contribution in [1.82, 2.24) is 0 Å². The number of ether oxygens (including phenoxy) is 1. The molecule has 4 nitrogen and oxygen atoms in total. The van der Waals surface area contributed by atoms with Crippen molar-refractivity contribution in [2.45, 2.75) is 18.7 Å². The fraction of sp³-hybridized carbons (Fsp3) is 0.300. The molecule has 1 atom stereocenters. The van der Waals surface area contributed by atoms with Crippen molar-refractivity contribution in [3.8, 4) is 5.75 Å². The molecule has 17 heavy (non-hydrogen) atoms. The second-order valence-electron chi connectivity index (χ2n) is 3.54. The van der Waals surface area contributed by atoms with Crippen LogP contribution in [0.1, 0.15) is 13.8 Å². The SMILES string of the molecule is CC(C)C(=O)Oc1c(Cl)cc(S(=O)O)cc1Cl. The van der Waals surface area contributed by atoms with Gasteiger partial charge in [0.1, 0.15) is 0 Å². The first-order chi connectivity index (χ1) is 7.82. The van der Waals surface area contributed by atoms with E-state index in [1.165, 1.54) is 12.1 Å². The number of hydrogen-bond donors (Lipinski definition) is 1. The monoisotopic (exact) mass is 296 g/mol. The summed E-state index contributed by atoms with van der Waals surface area (Å²) >= 11 is 9.45. The van der Waals surface area contributed by atoms with Gasteiger partial charge in [-0.1, -0.05) is 37.0 Å². The Labute approximate surface area is 111 Å². The molecule has 0 heterocycles. The third kappa shape index (κ3) is 3.67. The van der Waals surface area contributed by atoms with Crippen molar-refractivity contribution >= 4 is 40.3 Å². The number of hydrogen-bond acceptors (Lipinski definition) is 3. The molecule has 0 saturated carbocycles. The van der Waals surface area contributed by atoms with Crippen LogP contribution in [0.25, 0.3) is 0 Å². The van der Waals surface area contributed by atoms with Gasteiger partial charge in [-0.25, -0.2) is 4.21 Å². The first-order valence-corrected chi connectivity index (χ1v) is 6.50. The predicted molar refractivity (Wildman–Crippen MR) is 66.0 cm³/mol. The predicted octanol–water partition coefficient (Wildman–Crippen LogP) is 3.14. The van der Waals surface area contributed by atoms with Crippen LogP contribution in [-0.2, 0) is 15.9 Å². The fourth-order valence-corrected chi connectivity index (χ4v) is 2.08. The molecule has 1 rings (SSSR count). The third-order valence-corrected chi connectivity index (χ3v) is 3.05. The zero-order valence-electron chi connectivity index (χ0n) is 9.07. The van der Waals surface area contributed by atoms with E-state index in [1.54, 1.807) is 13.8 Å². The highest BCUT2D eigenvalue weighted by atomic mass is 35.5. The van der Waals surface area contributed by atoms with E-state index in [4.69, 9.17) is 32.5 Å². The lowest BCUT2D eigenvalue weighted by Gasteiger charge is -2.10. The van der Waals surface area contributed by atoms with Gasteiger partial charge >= 0.3 is 5.97 Å². The van der Waals surface area contributed by atoms with Gasteiger partial charge in [0, 0.05) is 0 Å². The zero-order chi connectivity index (χ0) is 13.2. The van der Waals surface area contributed by atoms with Crippen molar-refractivity contribution in [2.24, 2.45) is 5.92 Å². The van der Waals surface area contributed by atoms with Gasteiger partial charge in [-0.2, -0.15) is 0 Å². The van der Waals surface area contributed by atoms with Crippen LogP contribution >= 0.6 is 23.2 Å². The van der Waals surface area contributed by atoms with Gasteiger partial charge < -0.3 is 9.29 Å². The first kappa shape index (κ1) is 14.4. The van der Waals surface area contributed by atoms with E-state index in [0.29, 0.717) is 0 Å². The van der Waals surface area contributed by atoms with Gasteiger partial charge in [0.15, 0.2) is 16.8 Å². The summed E-state index contributed by atoms with van der Waals surface area (Å²) < 4.78 is 24.7. The number of esters is 1. The largest absolute Gasteiger partial charge is 0.423 e. The summed E-state index contributed by atoms with van der Waals surface area (Å²) in [5.41, 5.74) is 0. The average molecular weight is 297 g/mol. The average Bonchev–Trinajstić information content (AvgIpc) is 2.22. The highest BCUT2D eigenvalue weighted by Crippen LogP contribution is 2.35. The molecule has 0 aliphatic rings. The molecule has 1 unspecified atom stereocenters. The minimum atomic E-state index is -2.19. The quantitative estimate of drug-likeness (QED) is 0.529. The smallest absolute Gasteiger partial charge is 0.313 e. The second kappa shape index (κ2) is 5.82. The molecule has 0 saturated heterocycles. The zero-order valence-corrected chi connectivity index (χ0v) is 11.4. The molecular formula is C10H10Cl2O4S. The van der Waals surface area contributed by atoms with Crippen molar-refractivity contribution in [3.05, 3.63) is 22.2 Å². The Hall–Kier alpha value is -0.620. The van der Waals surface area contributed by atoms with Gasteiger partial charge in [0.25, 0.3) is 0 Å². The van der Waals surface area contributed by atoms with Crippen LogP contribution in [0.3, 0.4) is 0 Å².